The van der Waals surface area contributed by atoms with Crippen molar-refractivity contribution in [2.75, 3.05) is 7.11 Å². The molecule has 17 heavy (non-hydrogen) atoms. The number of aromatic nitrogens is 2. The molecule has 1 aromatic heterocycles. The van der Waals surface area contributed by atoms with Crippen LogP contribution >= 0.6 is 0 Å². The lowest BCUT2D eigenvalue weighted by Crippen LogP contribution is -2.03. The van der Waals surface area contributed by atoms with Crippen molar-refractivity contribution < 1.29 is 4.74 Å². The molecule has 0 unspecified atom stereocenters. The molecule has 0 fully saturated rings. The maximum Gasteiger partial charge on any atom is 0.123 e. The van der Waals surface area contributed by atoms with Crippen molar-refractivity contribution in [2.24, 2.45) is 0 Å². The molecule has 0 N–H and O–H groups in total. The summed E-state index contributed by atoms with van der Waals surface area (Å²) in [5.41, 5.74) is 4.72. The molecule has 2 rings (SSSR count). The zero-order chi connectivity index (χ0) is 12.4. The van der Waals surface area contributed by atoms with E-state index >= 15 is 0 Å². The summed E-state index contributed by atoms with van der Waals surface area (Å²) in [5.74, 6) is 0.932. The minimum Gasteiger partial charge on any atom is -0.496 e. The normalized spacial score (nSPS) is 10.6. The Kier molecular flexibility index (Phi) is 3.18. The molecule has 90 valence electrons. The smallest absolute Gasteiger partial charge is 0.123 e. The molecule has 0 aliphatic heterocycles. The monoisotopic (exact) mass is 230 g/mol. The summed E-state index contributed by atoms with van der Waals surface area (Å²) < 4.78 is 7.53. The van der Waals surface area contributed by atoms with Gasteiger partial charge in [0.25, 0.3) is 0 Å². The summed E-state index contributed by atoms with van der Waals surface area (Å²) in [7, 11) is 1.71. The Hall–Kier alpha value is -1.77. The number of aryl methyl sites for hydroxylation is 2. The highest BCUT2D eigenvalue weighted by atomic mass is 16.5. The average Bonchev–Trinajstić information content (AvgIpc) is 2.61. The van der Waals surface area contributed by atoms with Crippen LogP contribution < -0.4 is 4.74 Å². The van der Waals surface area contributed by atoms with E-state index in [1.807, 2.05) is 19.3 Å². The van der Waals surface area contributed by atoms with Gasteiger partial charge in [0, 0.05) is 11.3 Å². The molecule has 0 amide bonds. The van der Waals surface area contributed by atoms with E-state index in [-0.39, 0.29) is 0 Å². The summed E-state index contributed by atoms with van der Waals surface area (Å²) in [6.45, 7) is 7.01. The van der Waals surface area contributed by atoms with Gasteiger partial charge in [0.2, 0.25) is 0 Å². The van der Waals surface area contributed by atoms with Crippen molar-refractivity contribution in [1.82, 2.24) is 9.55 Å². The zero-order valence-electron chi connectivity index (χ0n) is 10.8. The molecule has 3 nitrogen and oxygen atoms in total. The minimum absolute atomic E-state index is 0.803. The molecule has 1 aromatic carbocycles. The van der Waals surface area contributed by atoms with Crippen LogP contribution in [-0.2, 0) is 6.54 Å². The van der Waals surface area contributed by atoms with E-state index in [2.05, 4.69) is 35.5 Å². The van der Waals surface area contributed by atoms with Gasteiger partial charge in [-0.05, 0) is 26.8 Å². The molecular formula is C14H18N2O. The van der Waals surface area contributed by atoms with Crippen LogP contribution in [0, 0.1) is 20.8 Å². The van der Waals surface area contributed by atoms with Gasteiger partial charge in [-0.1, -0.05) is 17.7 Å². The first-order valence-corrected chi connectivity index (χ1v) is 5.73. The second kappa shape index (κ2) is 4.62. The number of hydrogen-bond acceptors (Lipinski definition) is 2. The summed E-state index contributed by atoms with van der Waals surface area (Å²) in [6.07, 6.45) is 1.88. The van der Waals surface area contributed by atoms with Crippen LogP contribution in [-0.4, -0.2) is 16.7 Å². The number of methoxy groups -OCH3 is 1. The predicted octanol–water partition coefficient (Wildman–Crippen LogP) is 2.87. The van der Waals surface area contributed by atoms with Gasteiger partial charge in [-0.2, -0.15) is 0 Å². The van der Waals surface area contributed by atoms with E-state index in [0.29, 0.717) is 0 Å². The van der Waals surface area contributed by atoms with Gasteiger partial charge < -0.3 is 9.30 Å². The Morgan fingerprint density at radius 1 is 1.24 bits per heavy atom. The molecule has 2 aromatic rings. The fourth-order valence-corrected chi connectivity index (χ4v) is 1.92. The van der Waals surface area contributed by atoms with Crippen molar-refractivity contribution in [3.8, 4) is 5.75 Å². The molecule has 0 saturated heterocycles. The fourth-order valence-electron chi connectivity index (χ4n) is 1.92. The van der Waals surface area contributed by atoms with Crippen LogP contribution in [0.25, 0.3) is 0 Å². The van der Waals surface area contributed by atoms with Crippen LogP contribution in [0.2, 0.25) is 0 Å². The van der Waals surface area contributed by atoms with E-state index in [4.69, 9.17) is 4.74 Å². The predicted molar refractivity (Wildman–Crippen MR) is 68.5 cm³/mol. The first-order valence-electron chi connectivity index (χ1n) is 5.73. The Bertz CT molecular complexity index is 529. The third-order valence-corrected chi connectivity index (χ3v) is 3.12. The maximum atomic E-state index is 5.39. The molecule has 0 atom stereocenters. The summed E-state index contributed by atoms with van der Waals surface area (Å²) in [6, 6.07) is 6.24. The van der Waals surface area contributed by atoms with E-state index < -0.39 is 0 Å². The molecule has 0 aliphatic carbocycles. The number of ether oxygens (including phenoxy) is 1. The lowest BCUT2D eigenvalue weighted by atomic mass is 10.1. The number of imidazole rings is 1. The second-order valence-electron chi connectivity index (χ2n) is 4.36. The Morgan fingerprint density at radius 2 is 2.00 bits per heavy atom. The Morgan fingerprint density at radius 3 is 2.59 bits per heavy atom. The highest BCUT2D eigenvalue weighted by molar-refractivity contribution is 5.37. The standard InChI is InChI=1S/C14H18N2O/c1-10-5-6-14(17-4)13(7-10)8-16-9-15-11(2)12(16)3/h5-7,9H,8H2,1-4H3. The van der Waals surface area contributed by atoms with Gasteiger partial charge in [0.1, 0.15) is 5.75 Å². The summed E-state index contributed by atoms with van der Waals surface area (Å²) in [4.78, 5) is 4.31. The number of nitrogens with zero attached hydrogens (tertiary/aromatic N) is 2. The summed E-state index contributed by atoms with van der Waals surface area (Å²) in [5, 5.41) is 0. The van der Waals surface area contributed by atoms with Crippen LogP contribution in [0.3, 0.4) is 0 Å². The van der Waals surface area contributed by atoms with E-state index in [1.54, 1.807) is 7.11 Å². The van der Waals surface area contributed by atoms with E-state index in [9.17, 15) is 0 Å². The molecule has 0 aliphatic rings. The first kappa shape index (κ1) is 11.7. The van der Waals surface area contributed by atoms with Crippen LogP contribution in [0.5, 0.6) is 5.75 Å². The number of hydrogen-bond donors (Lipinski definition) is 0. The average molecular weight is 230 g/mol. The molecule has 1 heterocycles. The van der Waals surface area contributed by atoms with Crippen LogP contribution in [0.15, 0.2) is 24.5 Å². The van der Waals surface area contributed by atoms with Crippen molar-refractivity contribution in [3.05, 3.63) is 47.0 Å². The zero-order valence-corrected chi connectivity index (χ0v) is 10.8. The van der Waals surface area contributed by atoms with Gasteiger partial charge in [0.05, 0.1) is 25.7 Å². The molecular weight excluding hydrogens is 212 g/mol. The SMILES string of the molecule is COc1ccc(C)cc1Cn1cnc(C)c1C. The highest BCUT2D eigenvalue weighted by Gasteiger charge is 2.07. The second-order valence-corrected chi connectivity index (χ2v) is 4.36. The third-order valence-electron chi connectivity index (χ3n) is 3.12. The maximum absolute atomic E-state index is 5.39. The molecule has 0 spiro atoms. The molecule has 3 heteroatoms. The minimum atomic E-state index is 0.803. The topological polar surface area (TPSA) is 27.1 Å². The Labute approximate surface area is 102 Å². The lowest BCUT2D eigenvalue weighted by Gasteiger charge is -2.11. The van der Waals surface area contributed by atoms with Gasteiger partial charge in [0.15, 0.2) is 0 Å². The quantitative estimate of drug-likeness (QED) is 0.810. The van der Waals surface area contributed by atoms with Crippen molar-refractivity contribution in [1.29, 1.82) is 0 Å². The largest absolute Gasteiger partial charge is 0.496 e. The van der Waals surface area contributed by atoms with Gasteiger partial charge in [-0.3, -0.25) is 0 Å². The third kappa shape index (κ3) is 2.33. The summed E-state index contributed by atoms with van der Waals surface area (Å²) >= 11 is 0. The molecule has 0 radical (unpaired) electrons. The first-order chi connectivity index (χ1) is 8.11. The van der Waals surface area contributed by atoms with Crippen LogP contribution in [0.4, 0.5) is 0 Å². The van der Waals surface area contributed by atoms with Crippen molar-refractivity contribution >= 4 is 0 Å². The lowest BCUT2D eigenvalue weighted by molar-refractivity contribution is 0.408. The van der Waals surface area contributed by atoms with E-state index in [0.717, 1.165) is 18.0 Å². The van der Waals surface area contributed by atoms with Gasteiger partial charge in [-0.25, -0.2) is 4.98 Å². The fraction of sp³-hybridized carbons (Fsp3) is 0.357. The molecule has 0 saturated carbocycles. The van der Waals surface area contributed by atoms with E-state index in [1.165, 1.54) is 16.8 Å². The number of rotatable bonds is 3. The number of benzene rings is 1. The Balaban J connectivity index is 2.35. The van der Waals surface area contributed by atoms with Crippen molar-refractivity contribution in [2.45, 2.75) is 27.3 Å². The highest BCUT2D eigenvalue weighted by Crippen LogP contribution is 2.21. The van der Waals surface area contributed by atoms with Crippen LogP contribution in [0.1, 0.15) is 22.5 Å². The van der Waals surface area contributed by atoms with Gasteiger partial charge >= 0.3 is 0 Å². The van der Waals surface area contributed by atoms with Crippen molar-refractivity contribution in [3.63, 3.8) is 0 Å². The van der Waals surface area contributed by atoms with Gasteiger partial charge in [-0.15, -0.1) is 0 Å². The molecule has 0 bridgehead atoms.